The zero-order chi connectivity index (χ0) is 26.9. The molecule has 0 aromatic rings. The first kappa shape index (κ1) is 36.3. The van der Waals surface area contributed by atoms with E-state index in [0.717, 1.165) is 25.9 Å². The second-order valence-electron chi connectivity index (χ2n) is 9.63. The van der Waals surface area contributed by atoms with Crippen LogP contribution >= 0.6 is 0 Å². The molecule has 0 fully saturated rings. The second-order valence-corrected chi connectivity index (χ2v) is 9.63. The predicted molar refractivity (Wildman–Crippen MR) is 150 cm³/mol. The molecule has 0 saturated carbocycles. The summed E-state index contributed by atoms with van der Waals surface area (Å²) in [5.41, 5.74) is 0. The van der Waals surface area contributed by atoms with Crippen LogP contribution in [0.1, 0.15) is 117 Å². The van der Waals surface area contributed by atoms with E-state index in [2.05, 4.69) is 13.8 Å². The number of hydrogen-bond donors (Lipinski definition) is 0. The largest absolute Gasteiger partial charge is 0.463 e. The molecule has 0 saturated heterocycles. The lowest BCUT2D eigenvalue weighted by molar-refractivity contribution is -0.145. The van der Waals surface area contributed by atoms with Gasteiger partial charge in [0.25, 0.3) is 0 Å². The summed E-state index contributed by atoms with van der Waals surface area (Å²) in [7, 11) is 0. The van der Waals surface area contributed by atoms with E-state index in [1.165, 1.54) is 77.0 Å². The normalized spacial score (nSPS) is 11.3. The fourth-order valence-corrected chi connectivity index (χ4v) is 3.83. The quantitative estimate of drug-likeness (QED) is 0.0689. The minimum atomic E-state index is -0.121. The highest BCUT2D eigenvalue weighted by Crippen LogP contribution is 2.10. The van der Waals surface area contributed by atoms with Gasteiger partial charge in [-0.15, -0.1) is 0 Å². The summed E-state index contributed by atoms with van der Waals surface area (Å²) in [5.74, 6) is -0.121. The van der Waals surface area contributed by atoms with E-state index in [-0.39, 0.29) is 5.97 Å². The summed E-state index contributed by atoms with van der Waals surface area (Å²) in [6.45, 7) is 10.5. The fourth-order valence-electron chi connectivity index (χ4n) is 3.83. The first-order valence-electron chi connectivity index (χ1n) is 15.4. The molecule has 0 bridgehead atoms. The van der Waals surface area contributed by atoms with Gasteiger partial charge in [0.15, 0.2) is 0 Å². The van der Waals surface area contributed by atoms with Crippen LogP contribution in [0, 0.1) is 0 Å². The Balaban J connectivity index is 3.11. The molecule has 0 heterocycles. The van der Waals surface area contributed by atoms with Gasteiger partial charge in [0.1, 0.15) is 6.61 Å². The molecule has 222 valence electrons. The highest BCUT2D eigenvalue weighted by molar-refractivity contribution is 5.69. The monoisotopic (exact) mass is 532 g/mol. The van der Waals surface area contributed by atoms with Crippen LogP contribution in [-0.2, 0) is 33.2 Å². The summed E-state index contributed by atoms with van der Waals surface area (Å²) in [6, 6.07) is 0. The predicted octanol–water partition coefficient (Wildman–Crippen LogP) is 6.89. The first-order chi connectivity index (χ1) is 18.3. The summed E-state index contributed by atoms with van der Waals surface area (Å²) in [6.07, 6.45) is 19.4. The van der Waals surface area contributed by atoms with Crippen molar-refractivity contribution in [1.29, 1.82) is 0 Å². The molecule has 0 radical (unpaired) electrons. The van der Waals surface area contributed by atoms with Gasteiger partial charge in [-0.2, -0.15) is 0 Å². The van der Waals surface area contributed by atoms with Crippen LogP contribution in [0.2, 0.25) is 0 Å². The van der Waals surface area contributed by atoms with Gasteiger partial charge in [0.2, 0.25) is 0 Å². The molecule has 0 aliphatic heterocycles. The topological polar surface area (TPSA) is 72.5 Å². The maximum atomic E-state index is 11.7. The van der Waals surface area contributed by atoms with Crippen LogP contribution in [0.3, 0.4) is 0 Å². The third kappa shape index (κ3) is 33.2. The van der Waals surface area contributed by atoms with E-state index >= 15 is 0 Å². The maximum absolute atomic E-state index is 11.7. The smallest absolute Gasteiger partial charge is 0.305 e. The van der Waals surface area contributed by atoms with Crippen molar-refractivity contribution in [2.75, 3.05) is 72.7 Å². The molecule has 0 unspecified atom stereocenters. The Morgan fingerprint density at radius 1 is 0.378 bits per heavy atom. The van der Waals surface area contributed by atoms with Crippen LogP contribution in [0.15, 0.2) is 0 Å². The molecule has 0 aliphatic rings. The van der Waals surface area contributed by atoms with E-state index in [0.29, 0.717) is 72.5 Å². The van der Waals surface area contributed by atoms with E-state index in [1.807, 2.05) is 0 Å². The van der Waals surface area contributed by atoms with Gasteiger partial charge >= 0.3 is 5.97 Å². The molecule has 0 aromatic heterocycles. The van der Waals surface area contributed by atoms with E-state index in [1.54, 1.807) is 0 Å². The Labute approximate surface area is 228 Å². The van der Waals surface area contributed by atoms with Crippen LogP contribution in [0.4, 0.5) is 0 Å². The van der Waals surface area contributed by atoms with Crippen molar-refractivity contribution < 1.29 is 33.2 Å². The molecule has 37 heavy (non-hydrogen) atoms. The SMILES string of the molecule is CCCCCCCCCCCC(=O)OCCOCCOCCOCCOCCOCCCCCCCC. The van der Waals surface area contributed by atoms with Gasteiger partial charge in [-0.05, 0) is 12.8 Å². The Kier molecular flexibility index (Phi) is 32.6. The number of unbranched alkanes of at least 4 members (excludes halogenated alkanes) is 13. The lowest BCUT2D eigenvalue weighted by atomic mass is 10.1. The maximum Gasteiger partial charge on any atom is 0.305 e. The highest BCUT2D eigenvalue weighted by atomic mass is 16.6. The van der Waals surface area contributed by atoms with Crippen molar-refractivity contribution in [1.82, 2.24) is 0 Å². The first-order valence-corrected chi connectivity index (χ1v) is 15.4. The fraction of sp³-hybridized carbons (Fsp3) is 0.967. The summed E-state index contributed by atoms with van der Waals surface area (Å²) < 4.78 is 32.7. The van der Waals surface area contributed by atoms with Crippen molar-refractivity contribution in [3.8, 4) is 0 Å². The van der Waals surface area contributed by atoms with Gasteiger partial charge in [0.05, 0.1) is 59.5 Å². The summed E-state index contributed by atoms with van der Waals surface area (Å²) in [4.78, 5) is 11.7. The second kappa shape index (κ2) is 33.3. The highest BCUT2D eigenvalue weighted by Gasteiger charge is 2.02. The average Bonchev–Trinajstić information content (AvgIpc) is 2.90. The lowest BCUT2D eigenvalue weighted by Gasteiger charge is -2.08. The Morgan fingerprint density at radius 3 is 1.14 bits per heavy atom. The van der Waals surface area contributed by atoms with E-state index < -0.39 is 0 Å². The summed E-state index contributed by atoms with van der Waals surface area (Å²) >= 11 is 0. The molecular weight excluding hydrogens is 472 g/mol. The van der Waals surface area contributed by atoms with Crippen LogP contribution in [0.25, 0.3) is 0 Å². The van der Waals surface area contributed by atoms with Crippen LogP contribution in [-0.4, -0.2) is 78.6 Å². The average molecular weight is 533 g/mol. The molecule has 0 atom stereocenters. The molecule has 7 nitrogen and oxygen atoms in total. The molecule has 0 N–H and O–H groups in total. The zero-order valence-corrected chi connectivity index (χ0v) is 24.4. The number of esters is 1. The molecule has 0 aliphatic carbocycles. The van der Waals surface area contributed by atoms with Crippen molar-refractivity contribution in [3.05, 3.63) is 0 Å². The number of carbonyl (C=O) groups is 1. The van der Waals surface area contributed by atoms with Gasteiger partial charge in [-0.1, -0.05) is 97.3 Å². The Hall–Kier alpha value is -0.730. The van der Waals surface area contributed by atoms with Crippen molar-refractivity contribution in [2.45, 2.75) is 117 Å². The molecule has 0 spiro atoms. The van der Waals surface area contributed by atoms with Gasteiger partial charge in [-0.25, -0.2) is 0 Å². The molecule has 0 aromatic carbocycles. The minimum Gasteiger partial charge on any atom is -0.463 e. The van der Waals surface area contributed by atoms with Crippen LogP contribution in [0.5, 0.6) is 0 Å². The van der Waals surface area contributed by atoms with Crippen LogP contribution < -0.4 is 0 Å². The zero-order valence-electron chi connectivity index (χ0n) is 24.4. The Bertz CT molecular complexity index is 434. The van der Waals surface area contributed by atoms with E-state index in [9.17, 15) is 4.79 Å². The third-order valence-corrected chi connectivity index (χ3v) is 6.11. The van der Waals surface area contributed by atoms with E-state index in [4.69, 9.17) is 28.4 Å². The molecule has 0 rings (SSSR count). The van der Waals surface area contributed by atoms with Crippen molar-refractivity contribution in [2.24, 2.45) is 0 Å². The lowest BCUT2D eigenvalue weighted by Crippen LogP contribution is -2.15. The third-order valence-electron chi connectivity index (χ3n) is 6.11. The minimum absolute atomic E-state index is 0.121. The standard InChI is InChI=1S/C30H60O7/c1-3-5-7-9-11-12-13-14-16-18-30(31)37-29-28-36-27-26-35-25-24-34-23-22-33-21-20-32-19-17-15-10-8-6-4-2/h3-29H2,1-2H3. The molecular formula is C30H60O7. The number of hydrogen-bond acceptors (Lipinski definition) is 7. The Morgan fingerprint density at radius 2 is 0.703 bits per heavy atom. The molecule has 7 heteroatoms. The van der Waals surface area contributed by atoms with Crippen molar-refractivity contribution in [3.63, 3.8) is 0 Å². The van der Waals surface area contributed by atoms with Crippen molar-refractivity contribution >= 4 is 5.97 Å². The van der Waals surface area contributed by atoms with Gasteiger partial charge < -0.3 is 28.4 Å². The van der Waals surface area contributed by atoms with Gasteiger partial charge in [-0.3, -0.25) is 4.79 Å². The number of rotatable bonds is 32. The molecule has 0 amide bonds. The summed E-state index contributed by atoms with van der Waals surface area (Å²) in [5, 5.41) is 0. The number of ether oxygens (including phenoxy) is 6. The van der Waals surface area contributed by atoms with Gasteiger partial charge in [0, 0.05) is 13.0 Å². The number of carbonyl (C=O) groups excluding carboxylic acids is 1.